The van der Waals surface area contributed by atoms with Gasteiger partial charge in [-0.15, -0.1) is 0 Å². The molecule has 2 aliphatic rings. The number of benzene rings is 2. The Bertz CT molecular complexity index is 1090. The molecule has 0 spiro atoms. The predicted octanol–water partition coefficient (Wildman–Crippen LogP) is 4.86. The number of hydrogen-bond donors (Lipinski definition) is 1. The Kier molecular flexibility index (Phi) is 4.73. The van der Waals surface area contributed by atoms with Crippen molar-refractivity contribution in [2.75, 3.05) is 23.4 Å². The van der Waals surface area contributed by atoms with Crippen molar-refractivity contribution in [3.8, 4) is 0 Å². The maximum atomic E-state index is 14.6. The van der Waals surface area contributed by atoms with Crippen molar-refractivity contribution in [3.63, 3.8) is 0 Å². The van der Waals surface area contributed by atoms with Gasteiger partial charge in [-0.05, 0) is 31.5 Å². The normalized spacial score (nSPS) is 21.6. The lowest BCUT2D eigenvalue weighted by Crippen LogP contribution is -2.36. The molecule has 5 nitrogen and oxygen atoms in total. The van der Waals surface area contributed by atoms with E-state index in [1.54, 1.807) is 13.1 Å². The first kappa shape index (κ1) is 19.1. The topological polar surface area (TPSA) is 50.3 Å². The molecule has 0 aliphatic carbocycles. The van der Waals surface area contributed by atoms with Crippen molar-refractivity contribution >= 4 is 22.3 Å². The largest absolute Gasteiger partial charge is 0.377 e. The summed E-state index contributed by atoms with van der Waals surface area (Å²) in [5.74, 6) is -0.882. The second-order valence-electron chi connectivity index (χ2n) is 7.87. The number of nitrogens with one attached hydrogen (secondary N) is 1. The zero-order chi connectivity index (χ0) is 20.8. The van der Waals surface area contributed by atoms with Gasteiger partial charge >= 0.3 is 0 Å². The molecule has 3 heterocycles. The predicted molar refractivity (Wildman–Crippen MR) is 108 cm³/mol. The Morgan fingerprint density at radius 2 is 2.03 bits per heavy atom. The molecule has 2 aromatic carbocycles. The molecule has 5 rings (SSSR count). The van der Waals surface area contributed by atoms with E-state index in [0.29, 0.717) is 17.2 Å². The van der Waals surface area contributed by atoms with Gasteiger partial charge in [0.05, 0.1) is 47.8 Å². The minimum Gasteiger partial charge on any atom is -0.377 e. The number of morpholine rings is 1. The van der Waals surface area contributed by atoms with E-state index < -0.39 is 23.8 Å². The monoisotopic (exact) mass is 414 g/mol. The SMILES string of the molecule is C[C@@H](Nc1cnnc2ccc(N3C[C@H]4C[C@@H]3CO4)cc12)c1cccc(C(F)F)c1F. The lowest BCUT2D eigenvalue weighted by Gasteiger charge is -2.29. The third-order valence-electron chi connectivity index (χ3n) is 5.99. The summed E-state index contributed by atoms with van der Waals surface area (Å²) in [5.41, 5.74) is 2.05. The summed E-state index contributed by atoms with van der Waals surface area (Å²) < 4.78 is 46.4. The fraction of sp³-hybridized carbons (Fsp3) is 0.364. The molecule has 1 aromatic heterocycles. The van der Waals surface area contributed by atoms with Gasteiger partial charge in [-0.1, -0.05) is 18.2 Å². The minimum absolute atomic E-state index is 0.183. The van der Waals surface area contributed by atoms with Crippen LogP contribution >= 0.6 is 0 Å². The number of fused-ring (bicyclic) bond motifs is 3. The molecule has 2 aliphatic heterocycles. The summed E-state index contributed by atoms with van der Waals surface area (Å²) in [7, 11) is 0. The Morgan fingerprint density at radius 1 is 1.20 bits per heavy atom. The molecule has 2 fully saturated rings. The van der Waals surface area contributed by atoms with Gasteiger partial charge in [0.2, 0.25) is 0 Å². The van der Waals surface area contributed by atoms with Crippen LogP contribution in [0.15, 0.2) is 42.6 Å². The van der Waals surface area contributed by atoms with Gasteiger partial charge in [0.15, 0.2) is 0 Å². The van der Waals surface area contributed by atoms with E-state index in [-0.39, 0.29) is 11.7 Å². The average Bonchev–Trinajstić information content (AvgIpc) is 3.37. The van der Waals surface area contributed by atoms with Crippen LogP contribution in [0.4, 0.5) is 24.5 Å². The number of halogens is 3. The highest BCUT2D eigenvalue weighted by Crippen LogP contribution is 2.36. The molecule has 1 N–H and O–H groups in total. The van der Waals surface area contributed by atoms with Crippen LogP contribution in [0.1, 0.15) is 36.9 Å². The molecule has 0 amide bonds. The lowest BCUT2D eigenvalue weighted by molar-refractivity contribution is 0.0991. The average molecular weight is 414 g/mol. The van der Waals surface area contributed by atoms with Gasteiger partial charge in [-0.3, -0.25) is 0 Å². The Balaban J connectivity index is 1.47. The molecule has 0 radical (unpaired) electrons. The van der Waals surface area contributed by atoms with Crippen molar-refractivity contribution in [1.82, 2.24) is 10.2 Å². The highest BCUT2D eigenvalue weighted by atomic mass is 19.3. The molecular formula is C22H21F3N4O. The molecule has 3 aromatic rings. The van der Waals surface area contributed by atoms with Gasteiger partial charge in [-0.2, -0.15) is 10.2 Å². The van der Waals surface area contributed by atoms with E-state index in [1.807, 2.05) is 18.2 Å². The van der Waals surface area contributed by atoms with Crippen LogP contribution in [0.25, 0.3) is 10.9 Å². The fourth-order valence-electron chi connectivity index (χ4n) is 4.44. The first-order chi connectivity index (χ1) is 14.5. The van der Waals surface area contributed by atoms with Crippen molar-refractivity contribution in [1.29, 1.82) is 0 Å². The van der Waals surface area contributed by atoms with Gasteiger partial charge in [0.1, 0.15) is 5.82 Å². The van der Waals surface area contributed by atoms with Gasteiger partial charge < -0.3 is 15.0 Å². The highest BCUT2D eigenvalue weighted by molar-refractivity contribution is 5.93. The van der Waals surface area contributed by atoms with Crippen LogP contribution in [0.2, 0.25) is 0 Å². The molecule has 156 valence electrons. The zero-order valence-corrected chi connectivity index (χ0v) is 16.4. The van der Waals surface area contributed by atoms with E-state index >= 15 is 0 Å². The lowest BCUT2D eigenvalue weighted by atomic mass is 10.0. The van der Waals surface area contributed by atoms with Crippen molar-refractivity contribution < 1.29 is 17.9 Å². The molecule has 8 heteroatoms. The van der Waals surface area contributed by atoms with Crippen LogP contribution < -0.4 is 10.2 Å². The Labute approximate surface area is 171 Å². The van der Waals surface area contributed by atoms with E-state index in [4.69, 9.17) is 4.74 Å². The molecule has 2 bridgehead atoms. The van der Waals surface area contributed by atoms with Gasteiger partial charge in [0.25, 0.3) is 6.43 Å². The Hall–Kier alpha value is -2.87. The summed E-state index contributed by atoms with van der Waals surface area (Å²) in [6.07, 6.45) is 0.0393. The second kappa shape index (κ2) is 7.43. The second-order valence-corrected chi connectivity index (χ2v) is 7.87. The van der Waals surface area contributed by atoms with Crippen LogP contribution in [-0.4, -0.2) is 35.5 Å². The molecule has 2 saturated heterocycles. The maximum Gasteiger partial charge on any atom is 0.266 e. The zero-order valence-electron chi connectivity index (χ0n) is 16.4. The van der Waals surface area contributed by atoms with Gasteiger partial charge in [-0.25, -0.2) is 13.2 Å². The minimum atomic E-state index is -2.86. The van der Waals surface area contributed by atoms with E-state index in [0.717, 1.165) is 36.7 Å². The van der Waals surface area contributed by atoms with Crippen LogP contribution in [0.3, 0.4) is 0 Å². The number of nitrogens with zero attached hydrogens (tertiary/aromatic N) is 3. The Morgan fingerprint density at radius 3 is 2.77 bits per heavy atom. The maximum absolute atomic E-state index is 14.6. The van der Waals surface area contributed by atoms with Crippen LogP contribution in [-0.2, 0) is 4.74 Å². The molecule has 3 atom stereocenters. The number of alkyl halides is 2. The quantitative estimate of drug-likeness (QED) is 0.646. The third kappa shape index (κ3) is 3.25. The van der Waals surface area contributed by atoms with Crippen molar-refractivity contribution in [2.45, 2.75) is 38.0 Å². The molecule has 30 heavy (non-hydrogen) atoms. The molecular weight excluding hydrogens is 393 g/mol. The van der Waals surface area contributed by atoms with Crippen molar-refractivity contribution in [2.24, 2.45) is 0 Å². The van der Waals surface area contributed by atoms with Crippen LogP contribution in [0.5, 0.6) is 0 Å². The number of rotatable bonds is 5. The van der Waals surface area contributed by atoms with E-state index in [9.17, 15) is 13.2 Å². The number of aromatic nitrogens is 2. The summed E-state index contributed by atoms with van der Waals surface area (Å²) in [6.45, 7) is 3.33. The first-order valence-corrected chi connectivity index (χ1v) is 9.98. The van der Waals surface area contributed by atoms with Crippen LogP contribution in [0, 0.1) is 5.82 Å². The first-order valence-electron chi connectivity index (χ1n) is 9.98. The van der Waals surface area contributed by atoms with Crippen molar-refractivity contribution in [3.05, 3.63) is 59.5 Å². The third-order valence-corrected chi connectivity index (χ3v) is 5.99. The number of anilines is 2. The van der Waals surface area contributed by atoms with E-state index in [1.165, 1.54) is 12.1 Å². The standard InChI is InChI=1S/C22H21F3N4O/c1-12(16-3-2-4-17(21(16)23)22(24)25)27-20-9-26-28-19-6-5-13(8-18(19)20)29-10-15-7-14(29)11-30-15/h2-6,8-9,12,14-15,22H,7,10-11H2,1H3,(H,27,28)/t12-,14-,15-/m1/s1. The fourth-order valence-corrected chi connectivity index (χ4v) is 4.44. The van der Waals surface area contributed by atoms with Gasteiger partial charge in [0, 0.05) is 23.2 Å². The molecule has 0 saturated carbocycles. The summed E-state index contributed by atoms with van der Waals surface area (Å²) in [4.78, 5) is 2.34. The highest BCUT2D eigenvalue weighted by Gasteiger charge is 2.39. The summed E-state index contributed by atoms with van der Waals surface area (Å²) in [5, 5.41) is 12.3. The summed E-state index contributed by atoms with van der Waals surface area (Å²) in [6, 6.07) is 9.91. The summed E-state index contributed by atoms with van der Waals surface area (Å²) >= 11 is 0. The van der Waals surface area contributed by atoms with E-state index in [2.05, 4.69) is 20.4 Å². The smallest absolute Gasteiger partial charge is 0.266 e. The molecule has 0 unspecified atom stereocenters. The number of ether oxygens (including phenoxy) is 1. The number of hydrogen-bond acceptors (Lipinski definition) is 5.